The number of hydrogen-bond donors (Lipinski definition) is 0. The molecule has 0 aromatic heterocycles. The second-order valence-electron chi connectivity index (χ2n) is 6.81. The van der Waals surface area contributed by atoms with Gasteiger partial charge >= 0.3 is 0 Å². The van der Waals surface area contributed by atoms with E-state index >= 15 is 0 Å². The second-order valence-corrected chi connectivity index (χ2v) is 8.72. The quantitative estimate of drug-likeness (QED) is 0.631. The van der Waals surface area contributed by atoms with Crippen LogP contribution in [0.4, 0.5) is 0 Å². The number of aryl methyl sites for hydroxylation is 1. The van der Waals surface area contributed by atoms with Gasteiger partial charge in [0.15, 0.2) is 0 Å². The SMILES string of the molecule is Cc1cc(C#N)ccc1S(=O)(=O)N(CCCN(C)C)CCCN(C)C. The van der Waals surface area contributed by atoms with E-state index in [0.29, 0.717) is 29.1 Å². The van der Waals surface area contributed by atoms with E-state index in [2.05, 4.69) is 9.80 Å². The number of nitrogens with zero attached hydrogens (tertiary/aromatic N) is 4. The summed E-state index contributed by atoms with van der Waals surface area (Å²) in [5, 5.41) is 8.98. The van der Waals surface area contributed by atoms with Gasteiger partial charge in [-0.25, -0.2) is 8.42 Å². The Morgan fingerprint density at radius 3 is 1.88 bits per heavy atom. The van der Waals surface area contributed by atoms with Crippen molar-refractivity contribution in [2.75, 3.05) is 54.4 Å². The fraction of sp³-hybridized carbons (Fsp3) is 0.611. The van der Waals surface area contributed by atoms with Crippen LogP contribution < -0.4 is 0 Å². The van der Waals surface area contributed by atoms with Crippen LogP contribution in [0.15, 0.2) is 23.1 Å². The van der Waals surface area contributed by atoms with E-state index in [1.165, 1.54) is 0 Å². The lowest BCUT2D eigenvalue weighted by Gasteiger charge is -2.24. The first-order chi connectivity index (χ1) is 11.7. The first kappa shape index (κ1) is 21.6. The van der Waals surface area contributed by atoms with Crippen LogP contribution in [0.5, 0.6) is 0 Å². The predicted molar refractivity (Wildman–Crippen MR) is 101 cm³/mol. The summed E-state index contributed by atoms with van der Waals surface area (Å²) < 4.78 is 27.8. The summed E-state index contributed by atoms with van der Waals surface area (Å²) in [6.45, 7) is 4.41. The van der Waals surface area contributed by atoms with Crippen LogP contribution in [-0.4, -0.2) is 76.9 Å². The Morgan fingerprint density at radius 2 is 1.48 bits per heavy atom. The van der Waals surface area contributed by atoms with E-state index in [-0.39, 0.29) is 0 Å². The van der Waals surface area contributed by atoms with Crippen molar-refractivity contribution < 1.29 is 8.42 Å². The first-order valence-corrected chi connectivity index (χ1v) is 9.93. The number of rotatable bonds is 10. The summed E-state index contributed by atoms with van der Waals surface area (Å²) in [5.41, 5.74) is 1.09. The predicted octanol–water partition coefficient (Wildman–Crippen LogP) is 1.76. The minimum atomic E-state index is -3.57. The van der Waals surface area contributed by atoms with Crippen LogP contribution in [0, 0.1) is 18.3 Å². The van der Waals surface area contributed by atoms with E-state index in [1.54, 1.807) is 29.4 Å². The van der Waals surface area contributed by atoms with E-state index in [4.69, 9.17) is 5.26 Å². The van der Waals surface area contributed by atoms with Gasteiger partial charge < -0.3 is 9.80 Å². The van der Waals surface area contributed by atoms with Crippen molar-refractivity contribution in [2.24, 2.45) is 0 Å². The molecule has 0 unspecified atom stereocenters. The maximum absolute atomic E-state index is 13.1. The van der Waals surface area contributed by atoms with Crippen LogP contribution >= 0.6 is 0 Å². The molecule has 0 aliphatic rings. The summed E-state index contributed by atoms with van der Waals surface area (Å²) in [7, 11) is 4.36. The topological polar surface area (TPSA) is 67.6 Å². The van der Waals surface area contributed by atoms with Gasteiger partial charge in [-0.2, -0.15) is 9.57 Å². The summed E-state index contributed by atoms with van der Waals surface area (Å²) in [4.78, 5) is 4.40. The first-order valence-electron chi connectivity index (χ1n) is 8.49. The lowest BCUT2D eigenvalue weighted by molar-refractivity contribution is 0.326. The lowest BCUT2D eigenvalue weighted by Crippen LogP contribution is -2.35. The van der Waals surface area contributed by atoms with Gasteiger partial charge in [-0.05, 0) is 84.8 Å². The highest BCUT2D eigenvalue weighted by atomic mass is 32.2. The Morgan fingerprint density at radius 1 is 0.960 bits per heavy atom. The van der Waals surface area contributed by atoms with Crippen molar-refractivity contribution in [3.05, 3.63) is 29.3 Å². The highest BCUT2D eigenvalue weighted by Crippen LogP contribution is 2.21. The normalized spacial score (nSPS) is 12.1. The average Bonchev–Trinajstić information content (AvgIpc) is 2.52. The highest BCUT2D eigenvalue weighted by molar-refractivity contribution is 7.89. The number of nitriles is 1. The summed E-state index contributed by atoms with van der Waals surface area (Å²) in [6, 6.07) is 6.80. The van der Waals surface area contributed by atoms with Crippen molar-refractivity contribution in [1.82, 2.24) is 14.1 Å². The van der Waals surface area contributed by atoms with Crippen molar-refractivity contribution >= 4 is 10.0 Å². The van der Waals surface area contributed by atoms with Crippen LogP contribution in [0.2, 0.25) is 0 Å². The maximum Gasteiger partial charge on any atom is 0.243 e. The molecule has 1 rings (SSSR count). The fourth-order valence-electron chi connectivity index (χ4n) is 2.63. The standard InChI is InChI=1S/C18H30N4O2S/c1-16-14-17(15-19)8-9-18(16)25(23,24)22(12-6-10-20(2)3)13-7-11-21(4)5/h8-9,14H,6-7,10-13H2,1-5H3. The minimum absolute atomic E-state index is 0.293. The van der Waals surface area contributed by atoms with Gasteiger partial charge in [0.2, 0.25) is 10.0 Å². The Balaban J connectivity index is 3.01. The summed E-state index contributed by atoms with van der Waals surface area (Å²) in [6.07, 6.45) is 1.56. The molecular formula is C18H30N4O2S. The number of benzene rings is 1. The molecule has 25 heavy (non-hydrogen) atoms. The highest BCUT2D eigenvalue weighted by Gasteiger charge is 2.25. The zero-order valence-electron chi connectivity index (χ0n) is 16.0. The molecule has 0 radical (unpaired) electrons. The Bertz CT molecular complexity index is 680. The molecule has 1 aromatic rings. The third kappa shape index (κ3) is 6.75. The Labute approximate surface area is 152 Å². The molecule has 0 bridgehead atoms. The van der Waals surface area contributed by atoms with Crippen molar-refractivity contribution in [1.29, 1.82) is 5.26 Å². The van der Waals surface area contributed by atoms with Crippen LogP contribution in [-0.2, 0) is 10.0 Å². The number of sulfonamides is 1. The molecule has 7 heteroatoms. The van der Waals surface area contributed by atoms with Gasteiger partial charge in [-0.15, -0.1) is 0 Å². The van der Waals surface area contributed by atoms with Gasteiger partial charge in [0.25, 0.3) is 0 Å². The van der Waals surface area contributed by atoms with Crippen LogP contribution in [0.1, 0.15) is 24.0 Å². The van der Waals surface area contributed by atoms with Gasteiger partial charge in [-0.1, -0.05) is 0 Å². The van der Waals surface area contributed by atoms with E-state index in [0.717, 1.165) is 25.9 Å². The van der Waals surface area contributed by atoms with Crippen molar-refractivity contribution in [3.63, 3.8) is 0 Å². The Hall–Kier alpha value is -1.46. The van der Waals surface area contributed by atoms with Gasteiger partial charge in [0, 0.05) is 13.1 Å². The fourth-order valence-corrected chi connectivity index (χ4v) is 4.35. The van der Waals surface area contributed by atoms with Gasteiger partial charge in [-0.3, -0.25) is 0 Å². The lowest BCUT2D eigenvalue weighted by atomic mass is 10.2. The maximum atomic E-state index is 13.1. The zero-order chi connectivity index (χ0) is 19.0. The van der Waals surface area contributed by atoms with E-state index in [1.807, 2.05) is 34.3 Å². The van der Waals surface area contributed by atoms with E-state index < -0.39 is 10.0 Å². The molecule has 0 N–H and O–H groups in total. The van der Waals surface area contributed by atoms with Gasteiger partial charge in [0.05, 0.1) is 16.5 Å². The summed E-state index contributed by atoms with van der Waals surface area (Å²) >= 11 is 0. The molecule has 1 aromatic carbocycles. The molecule has 0 amide bonds. The molecule has 0 heterocycles. The molecule has 140 valence electrons. The molecule has 0 spiro atoms. The smallest absolute Gasteiger partial charge is 0.243 e. The number of hydrogen-bond acceptors (Lipinski definition) is 5. The molecular weight excluding hydrogens is 336 g/mol. The largest absolute Gasteiger partial charge is 0.309 e. The van der Waals surface area contributed by atoms with Crippen LogP contribution in [0.3, 0.4) is 0 Å². The third-order valence-electron chi connectivity index (χ3n) is 3.95. The van der Waals surface area contributed by atoms with Crippen molar-refractivity contribution in [3.8, 4) is 6.07 Å². The third-order valence-corrected chi connectivity index (χ3v) is 6.01. The summed E-state index contributed by atoms with van der Waals surface area (Å²) in [5.74, 6) is 0. The van der Waals surface area contributed by atoms with Crippen LogP contribution in [0.25, 0.3) is 0 Å². The molecule has 6 nitrogen and oxygen atoms in total. The zero-order valence-corrected chi connectivity index (χ0v) is 16.8. The Kier molecular flexibility index (Phi) is 8.53. The monoisotopic (exact) mass is 366 g/mol. The minimum Gasteiger partial charge on any atom is -0.309 e. The second kappa shape index (κ2) is 9.88. The van der Waals surface area contributed by atoms with E-state index in [9.17, 15) is 8.42 Å². The molecule has 0 saturated carbocycles. The average molecular weight is 367 g/mol. The van der Waals surface area contributed by atoms with Crippen molar-refractivity contribution in [2.45, 2.75) is 24.7 Å². The molecule has 0 aliphatic carbocycles. The molecule has 0 aliphatic heterocycles. The molecule has 0 saturated heterocycles. The molecule has 0 fully saturated rings. The van der Waals surface area contributed by atoms with Gasteiger partial charge in [0.1, 0.15) is 0 Å². The molecule has 0 atom stereocenters.